The Hall–Kier alpha value is -3.04. The number of hydrogen-bond donors (Lipinski definition) is 0. The van der Waals surface area contributed by atoms with Gasteiger partial charge in [-0.3, -0.25) is 0 Å². The van der Waals surface area contributed by atoms with Crippen LogP contribution in [0.2, 0.25) is 0 Å². The SMILES string of the molecule is CCOC(=O)c1c(C(=O)OCC)c2sc3ccc4sccc4c3c2c2c1sc1ccc3sccc3c12. The molecule has 3 aromatic carbocycles. The average Bonchev–Trinajstić information content (AvgIpc) is 3.65. The molecule has 0 aliphatic heterocycles. The highest BCUT2D eigenvalue weighted by molar-refractivity contribution is 7.29. The van der Waals surface area contributed by atoms with E-state index in [0.29, 0.717) is 11.1 Å². The molecule has 178 valence electrons. The molecule has 0 unspecified atom stereocenters. The number of fused-ring (bicyclic) bond motifs is 11. The number of benzene rings is 3. The lowest BCUT2D eigenvalue weighted by Crippen LogP contribution is -2.14. The first-order valence-corrected chi connectivity index (χ1v) is 15.0. The normalized spacial score (nSPS) is 12.1. The zero-order valence-corrected chi connectivity index (χ0v) is 22.6. The summed E-state index contributed by atoms with van der Waals surface area (Å²) in [6.07, 6.45) is 0. The van der Waals surface area contributed by atoms with Crippen molar-refractivity contribution in [3.63, 3.8) is 0 Å². The van der Waals surface area contributed by atoms with E-state index >= 15 is 0 Å². The predicted molar refractivity (Wildman–Crippen MR) is 155 cm³/mol. The van der Waals surface area contributed by atoms with Crippen LogP contribution in [-0.4, -0.2) is 25.2 Å². The van der Waals surface area contributed by atoms with E-state index in [-0.39, 0.29) is 13.2 Å². The highest BCUT2D eigenvalue weighted by atomic mass is 32.1. The van der Waals surface area contributed by atoms with Gasteiger partial charge in [-0.1, -0.05) is 0 Å². The van der Waals surface area contributed by atoms with Gasteiger partial charge in [0.05, 0.1) is 33.7 Å². The molecule has 4 nitrogen and oxygen atoms in total. The van der Waals surface area contributed by atoms with E-state index < -0.39 is 11.9 Å². The molecule has 0 aliphatic rings. The minimum atomic E-state index is -0.487. The summed E-state index contributed by atoms with van der Waals surface area (Å²) < 4.78 is 17.2. The molecule has 7 rings (SSSR count). The van der Waals surface area contributed by atoms with E-state index in [0.717, 1.165) is 40.3 Å². The second-order valence-corrected chi connectivity index (χ2v) is 12.3. The molecule has 0 saturated carbocycles. The lowest BCUT2D eigenvalue weighted by Gasteiger charge is -2.12. The van der Waals surface area contributed by atoms with Gasteiger partial charge in [0.15, 0.2) is 0 Å². The Bertz CT molecular complexity index is 1870. The lowest BCUT2D eigenvalue weighted by molar-refractivity contribution is 0.0483. The quantitative estimate of drug-likeness (QED) is 0.207. The number of hydrogen-bond acceptors (Lipinski definition) is 8. The standard InChI is InChI=1S/C28H18O4S4/c1-3-31-27(29)23-24(28(30)32-4-2)26-22(20-14-10-12-34-16(14)6-8-18(20)36-26)21-19-13-9-11-33-15(13)5-7-17(19)35-25(21)23/h5-12H,3-4H2,1-2H3. The van der Waals surface area contributed by atoms with E-state index in [4.69, 9.17) is 9.47 Å². The molecule has 0 amide bonds. The number of esters is 2. The van der Waals surface area contributed by atoms with Crippen LogP contribution in [0.25, 0.3) is 60.5 Å². The number of carbonyl (C=O) groups excluding carboxylic acids is 2. The number of rotatable bonds is 4. The summed E-state index contributed by atoms with van der Waals surface area (Å²) in [7, 11) is 0. The molecule has 0 aliphatic carbocycles. The first-order chi connectivity index (χ1) is 17.6. The van der Waals surface area contributed by atoms with E-state index in [1.165, 1.54) is 20.2 Å². The summed E-state index contributed by atoms with van der Waals surface area (Å²) in [4.78, 5) is 27.0. The fraction of sp³-hybridized carbons (Fsp3) is 0.143. The monoisotopic (exact) mass is 546 g/mol. The van der Waals surface area contributed by atoms with Crippen molar-refractivity contribution in [2.45, 2.75) is 13.8 Å². The average molecular weight is 547 g/mol. The molecule has 0 N–H and O–H groups in total. The maximum absolute atomic E-state index is 13.5. The van der Waals surface area contributed by atoms with Crippen LogP contribution in [0.4, 0.5) is 0 Å². The number of ether oxygens (including phenoxy) is 2. The number of carbonyl (C=O) groups is 2. The van der Waals surface area contributed by atoms with Crippen molar-refractivity contribution in [3.8, 4) is 0 Å². The lowest BCUT2D eigenvalue weighted by atomic mass is 9.96. The molecule has 8 heteroatoms. The third-order valence-corrected chi connectivity index (χ3v) is 10.6. The summed E-state index contributed by atoms with van der Waals surface area (Å²) >= 11 is 6.51. The smallest absolute Gasteiger partial charge is 0.340 e. The number of thiophene rings is 4. The van der Waals surface area contributed by atoms with Gasteiger partial charge >= 0.3 is 11.9 Å². The van der Waals surface area contributed by atoms with Crippen molar-refractivity contribution in [3.05, 3.63) is 58.3 Å². The van der Waals surface area contributed by atoms with Gasteiger partial charge in [-0.25, -0.2) is 9.59 Å². The summed E-state index contributed by atoms with van der Waals surface area (Å²) in [5.74, 6) is -0.975. The van der Waals surface area contributed by atoms with Crippen LogP contribution >= 0.6 is 45.3 Å². The summed E-state index contributed by atoms with van der Waals surface area (Å²) in [6, 6.07) is 12.8. The van der Waals surface area contributed by atoms with Crippen molar-refractivity contribution in [2.75, 3.05) is 13.2 Å². The largest absolute Gasteiger partial charge is 0.462 e. The summed E-state index contributed by atoms with van der Waals surface area (Å²) in [5.41, 5.74) is 0.631. The van der Waals surface area contributed by atoms with Crippen molar-refractivity contribution in [1.82, 2.24) is 0 Å². The molecule has 4 heterocycles. The Morgan fingerprint density at radius 1 is 0.611 bits per heavy atom. The Labute approximate surface area is 221 Å². The van der Waals surface area contributed by atoms with Crippen LogP contribution in [0.3, 0.4) is 0 Å². The molecular weight excluding hydrogens is 529 g/mol. The van der Waals surface area contributed by atoms with Gasteiger partial charge < -0.3 is 9.47 Å². The highest BCUT2D eigenvalue weighted by Gasteiger charge is 2.31. The van der Waals surface area contributed by atoms with Crippen LogP contribution < -0.4 is 0 Å². The van der Waals surface area contributed by atoms with Crippen LogP contribution in [-0.2, 0) is 9.47 Å². The van der Waals surface area contributed by atoms with Crippen LogP contribution in [0, 0.1) is 0 Å². The fourth-order valence-electron chi connectivity index (χ4n) is 5.14. The van der Waals surface area contributed by atoms with Crippen molar-refractivity contribution < 1.29 is 19.1 Å². The molecule has 4 aromatic heterocycles. The molecule has 7 aromatic rings. The first-order valence-electron chi connectivity index (χ1n) is 11.6. The third kappa shape index (κ3) is 2.96. The van der Waals surface area contributed by atoms with Crippen LogP contribution in [0.1, 0.15) is 34.6 Å². The molecular formula is C28H18O4S4. The molecule has 0 fully saturated rings. The van der Waals surface area contributed by atoms with Gasteiger partial charge in [-0.05, 0) is 61.0 Å². The maximum Gasteiger partial charge on any atom is 0.340 e. The van der Waals surface area contributed by atoms with E-state index in [1.807, 2.05) is 0 Å². The predicted octanol–water partition coefficient (Wildman–Crippen LogP) is 9.21. The van der Waals surface area contributed by atoms with Crippen molar-refractivity contribution in [1.29, 1.82) is 0 Å². The molecule has 0 spiro atoms. The first kappa shape index (κ1) is 22.2. The van der Waals surface area contributed by atoms with Gasteiger partial charge in [0, 0.05) is 51.1 Å². The molecule has 0 radical (unpaired) electrons. The Kier molecular flexibility index (Phi) is 5.08. The minimum Gasteiger partial charge on any atom is -0.462 e. The molecule has 0 bridgehead atoms. The zero-order valence-electron chi connectivity index (χ0n) is 19.3. The van der Waals surface area contributed by atoms with Crippen molar-refractivity contribution >= 4 is 118 Å². The Morgan fingerprint density at radius 2 is 1.03 bits per heavy atom. The third-order valence-electron chi connectivity index (χ3n) is 6.49. The molecule has 0 saturated heterocycles. The zero-order chi connectivity index (χ0) is 24.6. The van der Waals surface area contributed by atoms with Gasteiger partial charge in [0.2, 0.25) is 0 Å². The second kappa shape index (κ2) is 8.24. The molecule has 0 atom stereocenters. The van der Waals surface area contributed by atoms with Crippen LogP contribution in [0.15, 0.2) is 47.2 Å². The fourth-order valence-corrected chi connectivity index (χ4v) is 9.25. The highest BCUT2D eigenvalue weighted by Crippen LogP contribution is 2.51. The summed E-state index contributed by atoms with van der Waals surface area (Å²) in [5, 5.41) is 10.9. The van der Waals surface area contributed by atoms with Crippen LogP contribution in [0.5, 0.6) is 0 Å². The molecule has 36 heavy (non-hydrogen) atoms. The summed E-state index contributed by atoms with van der Waals surface area (Å²) in [6.45, 7) is 4.01. The van der Waals surface area contributed by atoms with Gasteiger partial charge in [-0.15, -0.1) is 45.3 Å². The second-order valence-electron chi connectivity index (χ2n) is 8.35. The van der Waals surface area contributed by atoms with E-state index in [2.05, 4.69) is 47.2 Å². The Morgan fingerprint density at radius 3 is 1.44 bits per heavy atom. The Balaban J connectivity index is 1.83. The topological polar surface area (TPSA) is 52.6 Å². The van der Waals surface area contributed by atoms with Crippen molar-refractivity contribution in [2.24, 2.45) is 0 Å². The van der Waals surface area contributed by atoms with Gasteiger partial charge in [-0.2, -0.15) is 0 Å². The maximum atomic E-state index is 13.5. The van der Waals surface area contributed by atoms with E-state index in [9.17, 15) is 9.59 Å². The van der Waals surface area contributed by atoms with Gasteiger partial charge in [0.1, 0.15) is 0 Å². The van der Waals surface area contributed by atoms with E-state index in [1.54, 1.807) is 59.2 Å². The van der Waals surface area contributed by atoms with Gasteiger partial charge in [0.25, 0.3) is 0 Å². The minimum absolute atomic E-state index is 0.224.